The van der Waals surface area contributed by atoms with Crippen molar-refractivity contribution in [2.75, 3.05) is 6.61 Å². The third-order valence-electron chi connectivity index (χ3n) is 2.84. The van der Waals surface area contributed by atoms with Crippen molar-refractivity contribution in [2.45, 2.75) is 38.5 Å². The summed E-state index contributed by atoms with van der Waals surface area (Å²) < 4.78 is 6.41. The van der Waals surface area contributed by atoms with Gasteiger partial charge in [0.1, 0.15) is 4.60 Å². The largest absolute Gasteiger partial charge is 0.378 e. The lowest BCUT2D eigenvalue weighted by Crippen LogP contribution is -2.45. The van der Waals surface area contributed by atoms with Crippen LogP contribution in [0, 0.1) is 0 Å². The molecule has 0 radical (unpaired) electrons. The zero-order valence-electron chi connectivity index (χ0n) is 9.45. The molecule has 0 spiro atoms. The number of halogens is 1. The van der Waals surface area contributed by atoms with Crippen molar-refractivity contribution in [1.29, 1.82) is 0 Å². The Kier molecular flexibility index (Phi) is 4.32. The van der Waals surface area contributed by atoms with Crippen molar-refractivity contribution in [2.24, 2.45) is 0 Å². The van der Waals surface area contributed by atoms with Gasteiger partial charge in [0, 0.05) is 19.2 Å². The van der Waals surface area contributed by atoms with E-state index in [1.807, 2.05) is 25.1 Å². The van der Waals surface area contributed by atoms with Crippen LogP contribution in [-0.4, -0.2) is 23.7 Å². The van der Waals surface area contributed by atoms with Crippen LogP contribution in [0.5, 0.6) is 0 Å². The normalized spacial score (nSPS) is 24.1. The van der Waals surface area contributed by atoms with Gasteiger partial charge in [-0.15, -0.1) is 0 Å². The first kappa shape index (κ1) is 12.0. The van der Waals surface area contributed by atoms with E-state index in [1.165, 1.54) is 0 Å². The molecular weight excluding hydrogens is 268 g/mol. The van der Waals surface area contributed by atoms with E-state index < -0.39 is 0 Å². The molecule has 1 N–H and O–H groups in total. The van der Waals surface area contributed by atoms with Crippen LogP contribution in [0.15, 0.2) is 22.8 Å². The molecule has 1 saturated carbocycles. The number of nitrogens with one attached hydrogen (secondary N) is 1. The van der Waals surface area contributed by atoms with Gasteiger partial charge >= 0.3 is 0 Å². The van der Waals surface area contributed by atoms with Gasteiger partial charge in [0.2, 0.25) is 0 Å². The van der Waals surface area contributed by atoms with E-state index in [9.17, 15) is 0 Å². The molecule has 88 valence electrons. The summed E-state index contributed by atoms with van der Waals surface area (Å²) in [4.78, 5) is 4.38. The second-order valence-corrected chi connectivity index (χ2v) is 4.89. The highest BCUT2D eigenvalue weighted by Gasteiger charge is 2.28. The number of nitrogens with zero attached hydrogens (tertiary/aromatic N) is 1. The summed E-state index contributed by atoms with van der Waals surface area (Å²) in [5, 5.41) is 3.49. The maximum absolute atomic E-state index is 5.52. The second-order valence-electron chi connectivity index (χ2n) is 4.08. The SMILES string of the molecule is CCOC1CC(NCc2cccc(Br)n2)C1. The molecular formula is C12H17BrN2O. The monoisotopic (exact) mass is 284 g/mol. The predicted molar refractivity (Wildman–Crippen MR) is 67.2 cm³/mol. The van der Waals surface area contributed by atoms with E-state index in [0.29, 0.717) is 12.1 Å². The molecule has 1 aliphatic rings. The van der Waals surface area contributed by atoms with E-state index in [-0.39, 0.29) is 0 Å². The van der Waals surface area contributed by atoms with Gasteiger partial charge in [-0.3, -0.25) is 0 Å². The molecule has 0 unspecified atom stereocenters. The van der Waals surface area contributed by atoms with Gasteiger partial charge in [0.25, 0.3) is 0 Å². The maximum Gasteiger partial charge on any atom is 0.106 e. The summed E-state index contributed by atoms with van der Waals surface area (Å²) in [6.45, 7) is 3.71. The Hall–Kier alpha value is -0.450. The number of ether oxygens (including phenoxy) is 1. The number of hydrogen-bond acceptors (Lipinski definition) is 3. The summed E-state index contributed by atoms with van der Waals surface area (Å²) in [7, 11) is 0. The Balaban J connectivity index is 1.69. The molecule has 16 heavy (non-hydrogen) atoms. The average Bonchev–Trinajstić information content (AvgIpc) is 2.21. The average molecular weight is 285 g/mol. The molecule has 3 nitrogen and oxygen atoms in total. The van der Waals surface area contributed by atoms with Crippen LogP contribution in [0.2, 0.25) is 0 Å². The van der Waals surface area contributed by atoms with E-state index in [1.54, 1.807) is 0 Å². The van der Waals surface area contributed by atoms with E-state index in [4.69, 9.17) is 4.74 Å². The molecule has 4 heteroatoms. The first-order valence-electron chi connectivity index (χ1n) is 5.74. The number of hydrogen-bond donors (Lipinski definition) is 1. The Morgan fingerprint density at radius 3 is 3.00 bits per heavy atom. The zero-order chi connectivity index (χ0) is 11.4. The Morgan fingerprint density at radius 2 is 2.31 bits per heavy atom. The summed E-state index contributed by atoms with van der Waals surface area (Å²) in [5.74, 6) is 0. The van der Waals surface area contributed by atoms with Crippen LogP contribution < -0.4 is 5.32 Å². The summed E-state index contributed by atoms with van der Waals surface area (Å²) in [6, 6.07) is 6.59. The fourth-order valence-electron chi connectivity index (χ4n) is 1.90. The highest BCUT2D eigenvalue weighted by Crippen LogP contribution is 2.23. The van der Waals surface area contributed by atoms with Crippen molar-refractivity contribution in [3.63, 3.8) is 0 Å². The fraction of sp³-hybridized carbons (Fsp3) is 0.583. The van der Waals surface area contributed by atoms with Crippen molar-refractivity contribution in [1.82, 2.24) is 10.3 Å². The van der Waals surface area contributed by atoms with Crippen LogP contribution in [0.3, 0.4) is 0 Å². The number of aromatic nitrogens is 1. The molecule has 0 saturated heterocycles. The minimum Gasteiger partial charge on any atom is -0.378 e. The molecule has 1 fully saturated rings. The highest BCUT2D eigenvalue weighted by atomic mass is 79.9. The highest BCUT2D eigenvalue weighted by molar-refractivity contribution is 9.10. The van der Waals surface area contributed by atoms with Gasteiger partial charge < -0.3 is 10.1 Å². The van der Waals surface area contributed by atoms with Gasteiger partial charge in [-0.2, -0.15) is 0 Å². The van der Waals surface area contributed by atoms with E-state index >= 15 is 0 Å². The number of rotatable bonds is 5. The Bertz CT molecular complexity index is 340. The van der Waals surface area contributed by atoms with Crippen molar-refractivity contribution in [3.8, 4) is 0 Å². The van der Waals surface area contributed by atoms with Crippen LogP contribution in [0.4, 0.5) is 0 Å². The number of pyridine rings is 1. The first-order valence-corrected chi connectivity index (χ1v) is 6.53. The molecule has 1 aromatic heterocycles. The minimum atomic E-state index is 0.470. The molecule has 2 rings (SSSR count). The van der Waals surface area contributed by atoms with Gasteiger partial charge in [-0.05, 0) is 47.8 Å². The Labute approximate surface area is 105 Å². The molecule has 0 atom stereocenters. The summed E-state index contributed by atoms with van der Waals surface area (Å²) >= 11 is 3.37. The molecule has 1 aromatic rings. The molecule has 0 bridgehead atoms. The lowest BCUT2D eigenvalue weighted by molar-refractivity contribution is -0.0103. The van der Waals surface area contributed by atoms with E-state index in [0.717, 1.165) is 36.3 Å². The zero-order valence-corrected chi connectivity index (χ0v) is 11.0. The quantitative estimate of drug-likeness (QED) is 0.844. The fourth-order valence-corrected chi connectivity index (χ4v) is 2.28. The Morgan fingerprint density at radius 1 is 1.50 bits per heavy atom. The van der Waals surface area contributed by atoms with Crippen molar-refractivity contribution in [3.05, 3.63) is 28.5 Å². The molecule has 1 heterocycles. The van der Waals surface area contributed by atoms with Crippen molar-refractivity contribution >= 4 is 15.9 Å². The van der Waals surface area contributed by atoms with Crippen LogP contribution in [-0.2, 0) is 11.3 Å². The van der Waals surface area contributed by atoms with Crippen LogP contribution >= 0.6 is 15.9 Å². The van der Waals surface area contributed by atoms with Crippen LogP contribution in [0.1, 0.15) is 25.5 Å². The van der Waals surface area contributed by atoms with Gasteiger partial charge in [-0.1, -0.05) is 6.07 Å². The second kappa shape index (κ2) is 5.75. The van der Waals surface area contributed by atoms with Gasteiger partial charge in [0.15, 0.2) is 0 Å². The third-order valence-corrected chi connectivity index (χ3v) is 3.28. The molecule has 0 amide bonds. The van der Waals surface area contributed by atoms with E-state index in [2.05, 4.69) is 26.2 Å². The lowest BCUT2D eigenvalue weighted by Gasteiger charge is -2.35. The standard InChI is InChI=1S/C12H17BrN2O/c1-2-16-11-6-10(7-11)14-8-9-4-3-5-12(13)15-9/h3-5,10-11,14H,2,6-8H2,1H3. The van der Waals surface area contributed by atoms with Gasteiger partial charge in [-0.25, -0.2) is 4.98 Å². The minimum absolute atomic E-state index is 0.470. The molecule has 0 aromatic carbocycles. The smallest absolute Gasteiger partial charge is 0.106 e. The van der Waals surface area contributed by atoms with Crippen LogP contribution in [0.25, 0.3) is 0 Å². The van der Waals surface area contributed by atoms with Crippen molar-refractivity contribution < 1.29 is 4.74 Å². The summed E-state index contributed by atoms with van der Waals surface area (Å²) in [5.41, 5.74) is 1.08. The summed E-state index contributed by atoms with van der Waals surface area (Å²) in [6.07, 6.45) is 2.72. The maximum atomic E-state index is 5.52. The molecule has 0 aliphatic heterocycles. The van der Waals surface area contributed by atoms with Gasteiger partial charge in [0.05, 0.1) is 11.8 Å². The first-order chi connectivity index (χ1) is 7.78. The lowest BCUT2D eigenvalue weighted by atomic mass is 9.89. The topological polar surface area (TPSA) is 34.1 Å². The third kappa shape index (κ3) is 3.27. The molecule has 1 aliphatic carbocycles. The predicted octanol–water partition coefficient (Wildman–Crippen LogP) is 2.50.